The molecule has 1 unspecified atom stereocenters. The van der Waals surface area contributed by atoms with Crippen molar-refractivity contribution in [2.24, 2.45) is 0 Å². The Bertz CT molecular complexity index is 3550. The van der Waals surface area contributed by atoms with Crippen molar-refractivity contribution in [3.8, 4) is 55.6 Å². The van der Waals surface area contributed by atoms with Crippen molar-refractivity contribution >= 4 is 40.4 Å². The summed E-state index contributed by atoms with van der Waals surface area (Å²) in [6.07, 6.45) is 2.39. The zero-order valence-corrected chi connectivity index (χ0v) is 39.9. The van der Waals surface area contributed by atoms with Gasteiger partial charge in [0.25, 0.3) is 0 Å². The summed E-state index contributed by atoms with van der Waals surface area (Å²) < 4.78 is 0. The Balaban J connectivity index is 1.10. The standard InChI is InChI=1S/C65H56BN/c1-38-30-53-54(64(4,5)29-28-63(53,2)3)37-56(38)67-57-35-42-23-15-14-22-41(42)32-48(57)51-36-50-45-24-16-17-25-52(45)65(6,7)61(50)60-59-46-27-26-43(39-18-10-8-11-19-39)31-47(46)49-33-44(40-20-12-9-13-21-40)34-55(58(49)59)66-62(51)60/h8-27,30-37,59,66-67H,28-29H2,1-7H3. The number of fused-ring (bicyclic) bond motifs is 11. The number of benzene rings is 9. The van der Waals surface area contributed by atoms with E-state index in [-0.39, 0.29) is 22.2 Å². The maximum absolute atomic E-state index is 4.18. The molecule has 1 aliphatic heterocycles. The lowest BCUT2D eigenvalue weighted by Gasteiger charge is -2.42. The number of aryl methyl sites for hydroxylation is 1. The topological polar surface area (TPSA) is 12.0 Å². The lowest BCUT2D eigenvalue weighted by atomic mass is 9.50. The zero-order chi connectivity index (χ0) is 45.6. The fraction of sp³-hybridized carbons (Fsp3) is 0.200. The summed E-state index contributed by atoms with van der Waals surface area (Å²) in [5, 5.41) is 6.68. The largest absolute Gasteiger partial charge is 0.355 e. The summed E-state index contributed by atoms with van der Waals surface area (Å²) in [5.41, 5.74) is 30.0. The molecule has 0 amide bonds. The number of anilines is 2. The van der Waals surface area contributed by atoms with Crippen molar-refractivity contribution in [1.82, 2.24) is 0 Å². The van der Waals surface area contributed by atoms with Crippen molar-refractivity contribution in [3.63, 3.8) is 0 Å². The molecular weight excluding hydrogens is 806 g/mol. The van der Waals surface area contributed by atoms with Crippen LogP contribution in [0.4, 0.5) is 11.4 Å². The van der Waals surface area contributed by atoms with Gasteiger partial charge in [-0.2, -0.15) is 0 Å². The average molecular weight is 862 g/mol. The van der Waals surface area contributed by atoms with Crippen molar-refractivity contribution in [2.75, 3.05) is 5.32 Å². The monoisotopic (exact) mass is 861 g/mol. The number of hydrogen-bond donors (Lipinski definition) is 1. The van der Waals surface area contributed by atoms with Gasteiger partial charge < -0.3 is 5.32 Å². The molecule has 9 aromatic carbocycles. The van der Waals surface area contributed by atoms with E-state index in [1.54, 1.807) is 0 Å². The average Bonchev–Trinajstić information content (AvgIpc) is 3.79. The highest BCUT2D eigenvalue weighted by atomic mass is 14.9. The van der Waals surface area contributed by atoms with Crippen LogP contribution in [0.1, 0.15) is 105 Å². The Kier molecular flexibility index (Phi) is 8.62. The Labute approximate surface area is 397 Å². The third-order valence-corrected chi connectivity index (χ3v) is 16.7. The van der Waals surface area contributed by atoms with Crippen LogP contribution >= 0.6 is 0 Å². The van der Waals surface area contributed by atoms with E-state index in [1.807, 2.05) is 0 Å². The maximum Gasteiger partial charge on any atom is 0.193 e. The van der Waals surface area contributed by atoms with Gasteiger partial charge in [-0.25, -0.2) is 0 Å². The first kappa shape index (κ1) is 40.4. The third kappa shape index (κ3) is 6.01. The Morgan fingerprint density at radius 1 is 0.448 bits per heavy atom. The highest BCUT2D eigenvalue weighted by molar-refractivity contribution is 6.71. The van der Waals surface area contributed by atoms with E-state index in [0.717, 1.165) is 13.0 Å². The van der Waals surface area contributed by atoms with Crippen molar-refractivity contribution in [3.05, 3.63) is 214 Å². The minimum atomic E-state index is -0.186. The van der Waals surface area contributed by atoms with Crippen LogP contribution in [0.3, 0.4) is 0 Å². The zero-order valence-electron chi connectivity index (χ0n) is 39.9. The van der Waals surface area contributed by atoms with Crippen LogP contribution in [-0.2, 0) is 16.2 Å². The van der Waals surface area contributed by atoms with Crippen LogP contribution in [0.2, 0.25) is 0 Å². The molecule has 0 saturated carbocycles. The molecule has 0 aromatic heterocycles. The molecular formula is C65H56BN. The van der Waals surface area contributed by atoms with Gasteiger partial charge in [-0.15, -0.1) is 0 Å². The molecule has 1 nitrogen and oxygen atoms in total. The second kappa shape index (κ2) is 14.3. The highest BCUT2D eigenvalue weighted by Crippen LogP contribution is 2.58. The van der Waals surface area contributed by atoms with Crippen LogP contribution in [0, 0.1) is 6.92 Å². The first-order chi connectivity index (χ1) is 32.4. The summed E-state index contributed by atoms with van der Waals surface area (Å²) in [7, 11) is 0.858. The molecule has 0 bridgehead atoms. The van der Waals surface area contributed by atoms with Gasteiger partial charge in [0.1, 0.15) is 0 Å². The minimum absolute atomic E-state index is 0.102. The Morgan fingerprint density at radius 2 is 1.07 bits per heavy atom. The summed E-state index contributed by atoms with van der Waals surface area (Å²) in [5.74, 6) is 0.103. The normalized spacial score (nSPS) is 17.1. The molecule has 3 aliphatic carbocycles. The van der Waals surface area contributed by atoms with E-state index < -0.39 is 0 Å². The lowest BCUT2D eigenvalue weighted by Crippen LogP contribution is -2.42. The second-order valence-corrected chi connectivity index (χ2v) is 22.0. The highest BCUT2D eigenvalue weighted by Gasteiger charge is 2.46. The molecule has 0 radical (unpaired) electrons. The number of hydrogen-bond acceptors (Lipinski definition) is 1. The van der Waals surface area contributed by atoms with Crippen molar-refractivity contribution in [2.45, 2.75) is 83.5 Å². The van der Waals surface area contributed by atoms with Crippen LogP contribution in [0.5, 0.6) is 0 Å². The number of rotatable bonds is 5. The Morgan fingerprint density at radius 3 is 1.81 bits per heavy atom. The van der Waals surface area contributed by atoms with E-state index in [2.05, 4.69) is 224 Å². The molecule has 1 N–H and O–H groups in total. The van der Waals surface area contributed by atoms with Gasteiger partial charge in [0, 0.05) is 28.3 Å². The van der Waals surface area contributed by atoms with Crippen molar-refractivity contribution in [1.29, 1.82) is 0 Å². The van der Waals surface area contributed by atoms with E-state index in [0.29, 0.717) is 0 Å². The smallest absolute Gasteiger partial charge is 0.193 e. The summed E-state index contributed by atoms with van der Waals surface area (Å²) >= 11 is 0. The molecule has 1 atom stereocenters. The maximum atomic E-state index is 4.18. The third-order valence-electron chi connectivity index (χ3n) is 16.7. The molecule has 4 aliphatic rings. The van der Waals surface area contributed by atoms with E-state index in [9.17, 15) is 0 Å². The summed E-state index contributed by atoms with van der Waals surface area (Å²) in [4.78, 5) is 0. The molecule has 9 aromatic rings. The first-order valence-corrected chi connectivity index (χ1v) is 24.5. The van der Waals surface area contributed by atoms with Crippen LogP contribution in [-0.4, -0.2) is 7.28 Å². The molecule has 1 heterocycles. The van der Waals surface area contributed by atoms with Gasteiger partial charge in [0.05, 0.1) is 0 Å². The van der Waals surface area contributed by atoms with Crippen LogP contribution in [0.25, 0.3) is 66.4 Å². The van der Waals surface area contributed by atoms with Gasteiger partial charge >= 0.3 is 0 Å². The second-order valence-electron chi connectivity index (χ2n) is 22.0. The van der Waals surface area contributed by atoms with Gasteiger partial charge in [-0.05, 0) is 172 Å². The molecule has 67 heavy (non-hydrogen) atoms. The first-order valence-electron chi connectivity index (χ1n) is 24.5. The lowest BCUT2D eigenvalue weighted by molar-refractivity contribution is 0.332. The predicted octanol–water partition coefficient (Wildman–Crippen LogP) is 15.4. The van der Waals surface area contributed by atoms with Crippen molar-refractivity contribution < 1.29 is 0 Å². The predicted molar refractivity (Wildman–Crippen MR) is 287 cm³/mol. The molecule has 0 spiro atoms. The van der Waals surface area contributed by atoms with Crippen LogP contribution < -0.4 is 16.2 Å². The quantitative estimate of drug-likeness (QED) is 0.170. The summed E-state index contributed by atoms with van der Waals surface area (Å²) in [6, 6.07) is 65.0. The fourth-order valence-corrected chi connectivity index (χ4v) is 13.1. The van der Waals surface area contributed by atoms with Gasteiger partial charge in [-0.1, -0.05) is 186 Å². The minimum Gasteiger partial charge on any atom is -0.355 e. The van der Waals surface area contributed by atoms with Crippen LogP contribution in [0.15, 0.2) is 170 Å². The molecule has 13 rings (SSSR count). The SMILES string of the molecule is Cc1cc2c(cc1Nc1cc3ccccc3cc1-c1cc3c(c4c1Bc1cc(-c5ccccc5)cc5c1C4c1ccc(-c4ccccc4)cc1-5)C(C)(C)c1ccccc1-3)C(C)(C)CCC2(C)C. The van der Waals surface area contributed by atoms with E-state index >= 15 is 0 Å². The molecule has 2 heteroatoms. The molecule has 0 saturated heterocycles. The Hall–Kier alpha value is -6.90. The summed E-state index contributed by atoms with van der Waals surface area (Å²) in [6.45, 7) is 17.0. The fourth-order valence-electron chi connectivity index (χ4n) is 13.1. The molecule has 0 fully saturated rings. The van der Waals surface area contributed by atoms with Gasteiger partial charge in [-0.3, -0.25) is 0 Å². The number of nitrogens with one attached hydrogen (secondary N) is 1. The van der Waals surface area contributed by atoms with Gasteiger partial charge in [0.2, 0.25) is 0 Å². The van der Waals surface area contributed by atoms with E-state index in [4.69, 9.17) is 0 Å². The van der Waals surface area contributed by atoms with E-state index in [1.165, 1.54) is 140 Å². The van der Waals surface area contributed by atoms with Gasteiger partial charge in [0.15, 0.2) is 7.28 Å². The molecule has 324 valence electrons.